The maximum Gasteiger partial charge on any atom is 0.128 e. The highest BCUT2D eigenvalue weighted by atomic mass is 16.3. The first-order chi connectivity index (χ1) is 7.29. The summed E-state index contributed by atoms with van der Waals surface area (Å²) in [6.45, 7) is 4.50. The van der Waals surface area contributed by atoms with Gasteiger partial charge in [-0.05, 0) is 30.9 Å². The van der Waals surface area contributed by atoms with Gasteiger partial charge in [0.05, 0.1) is 12.3 Å². The Bertz CT molecular complexity index is 319. The van der Waals surface area contributed by atoms with Crippen LogP contribution in [0.5, 0.6) is 0 Å². The fourth-order valence-electron chi connectivity index (χ4n) is 1.97. The molecule has 0 unspecified atom stereocenters. The van der Waals surface area contributed by atoms with Crippen LogP contribution in [0.3, 0.4) is 0 Å². The number of pyridine rings is 1. The predicted molar refractivity (Wildman–Crippen MR) is 60.8 cm³/mol. The molecule has 1 aromatic heterocycles. The minimum atomic E-state index is 0.0259. The highest BCUT2D eigenvalue weighted by Crippen LogP contribution is 2.21. The average Bonchev–Trinajstić information content (AvgIpc) is 2.30. The molecule has 0 amide bonds. The third-order valence-corrected chi connectivity index (χ3v) is 3.06. The van der Waals surface area contributed by atoms with E-state index >= 15 is 0 Å². The van der Waals surface area contributed by atoms with Gasteiger partial charge in [0.2, 0.25) is 0 Å². The second-order valence-electron chi connectivity index (χ2n) is 4.31. The Kier molecular flexibility index (Phi) is 3.21. The van der Waals surface area contributed by atoms with Crippen molar-refractivity contribution in [3.05, 3.63) is 23.9 Å². The first-order valence-corrected chi connectivity index (χ1v) is 5.61. The van der Waals surface area contributed by atoms with E-state index < -0.39 is 0 Å². The van der Waals surface area contributed by atoms with Crippen LogP contribution < -0.4 is 4.90 Å². The second kappa shape index (κ2) is 4.62. The molecular weight excluding hydrogens is 188 g/mol. The van der Waals surface area contributed by atoms with Gasteiger partial charge in [-0.15, -0.1) is 0 Å². The Labute approximate surface area is 90.8 Å². The Hall–Kier alpha value is -1.09. The van der Waals surface area contributed by atoms with E-state index in [9.17, 15) is 0 Å². The quantitative estimate of drug-likeness (QED) is 0.801. The number of anilines is 1. The lowest BCUT2D eigenvalue weighted by molar-refractivity contribution is 0.277. The molecular formula is C12H18N2O. The van der Waals surface area contributed by atoms with Crippen molar-refractivity contribution in [2.24, 2.45) is 5.92 Å². The molecule has 1 aliphatic heterocycles. The van der Waals surface area contributed by atoms with Crippen LogP contribution >= 0.6 is 0 Å². The molecule has 3 nitrogen and oxygen atoms in total. The van der Waals surface area contributed by atoms with Crippen LogP contribution in [0.4, 0.5) is 5.82 Å². The van der Waals surface area contributed by atoms with E-state index in [1.807, 2.05) is 18.2 Å². The van der Waals surface area contributed by atoms with Gasteiger partial charge >= 0.3 is 0 Å². The smallest absolute Gasteiger partial charge is 0.128 e. The molecule has 1 aliphatic rings. The third-order valence-electron chi connectivity index (χ3n) is 3.06. The van der Waals surface area contributed by atoms with Gasteiger partial charge in [-0.3, -0.25) is 0 Å². The Morgan fingerprint density at radius 3 is 2.80 bits per heavy atom. The molecule has 2 heterocycles. The molecule has 82 valence electrons. The number of aliphatic hydroxyl groups is 1. The maximum atomic E-state index is 9.02. The lowest BCUT2D eigenvalue weighted by Crippen LogP contribution is -2.33. The monoisotopic (exact) mass is 206 g/mol. The van der Waals surface area contributed by atoms with Crippen LogP contribution in [-0.2, 0) is 6.61 Å². The van der Waals surface area contributed by atoms with Crippen LogP contribution in [0.1, 0.15) is 25.5 Å². The first-order valence-electron chi connectivity index (χ1n) is 5.61. The van der Waals surface area contributed by atoms with Crippen molar-refractivity contribution in [3.8, 4) is 0 Å². The van der Waals surface area contributed by atoms with Gasteiger partial charge in [0.1, 0.15) is 5.82 Å². The summed E-state index contributed by atoms with van der Waals surface area (Å²) in [5.41, 5.74) is 0.756. The summed E-state index contributed by atoms with van der Waals surface area (Å²) >= 11 is 0. The van der Waals surface area contributed by atoms with E-state index in [0.717, 1.165) is 30.5 Å². The van der Waals surface area contributed by atoms with Crippen molar-refractivity contribution < 1.29 is 5.11 Å². The van der Waals surface area contributed by atoms with Gasteiger partial charge in [-0.25, -0.2) is 4.98 Å². The molecule has 0 spiro atoms. The molecule has 2 rings (SSSR count). The average molecular weight is 206 g/mol. The fraction of sp³-hybridized carbons (Fsp3) is 0.583. The molecule has 0 saturated carbocycles. The van der Waals surface area contributed by atoms with E-state index in [4.69, 9.17) is 5.11 Å². The number of hydrogen-bond donors (Lipinski definition) is 1. The predicted octanol–water partition coefficient (Wildman–Crippen LogP) is 1.81. The van der Waals surface area contributed by atoms with E-state index in [1.54, 1.807) is 0 Å². The van der Waals surface area contributed by atoms with E-state index in [-0.39, 0.29) is 6.61 Å². The number of piperidine rings is 1. The van der Waals surface area contributed by atoms with Crippen LogP contribution in [0.25, 0.3) is 0 Å². The molecule has 0 atom stereocenters. The summed E-state index contributed by atoms with van der Waals surface area (Å²) in [4.78, 5) is 6.72. The molecule has 0 aliphatic carbocycles. The van der Waals surface area contributed by atoms with Crippen LogP contribution in [0, 0.1) is 5.92 Å². The number of hydrogen-bond acceptors (Lipinski definition) is 3. The van der Waals surface area contributed by atoms with Gasteiger partial charge in [-0.1, -0.05) is 13.0 Å². The summed E-state index contributed by atoms with van der Waals surface area (Å²) in [7, 11) is 0. The SMILES string of the molecule is CC1CCN(c2cccc(CO)n2)CC1. The Balaban J connectivity index is 2.08. The first kappa shape index (κ1) is 10.4. The standard InChI is InChI=1S/C12H18N2O/c1-10-5-7-14(8-6-10)12-4-2-3-11(9-15)13-12/h2-4,10,15H,5-9H2,1H3. The Morgan fingerprint density at radius 1 is 1.40 bits per heavy atom. The minimum absolute atomic E-state index is 0.0259. The summed E-state index contributed by atoms with van der Waals surface area (Å²) < 4.78 is 0. The van der Waals surface area contributed by atoms with Crippen molar-refractivity contribution in [3.63, 3.8) is 0 Å². The number of nitrogens with zero attached hydrogens (tertiary/aromatic N) is 2. The zero-order valence-corrected chi connectivity index (χ0v) is 9.19. The highest BCUT2D eigenvalue weighted by molar-refractivity contribution is 5.39. The highest BCUT2D eigenvalue weighted by Gasteiger charge is 2.16. The molecule has 3 heteroatoms. The van der Waals surface area contributed by atoms with E-state index in [2.05, 4.69) is 16.8 Å². The molecule has 0 bridgehead atoms. The lowest BCUT2D eigenvalue weighted by atomic mass is 9.99. The lowest BCUT2D eigenvalue weighted by Gasteiger charge is -2.31. The molecule has 1 N–H and O–H groups in total. The fourth-order valence-corrected chi connectivity index (χ4v) is 1.97. The van der Waals surface area contributed by atoms with Gasteiger partial charge in [0.25, 0.3) is 0 Å². The summed E-state index contributed by atoms with van der Waals surface area (Å²) in [6, 6.07) is 5.84. The molecule has 15 heavy (non-hydrogen) atoms. The van der Waals surface area contributed by atoms with Crippen LogP contribution in [-0.4, -0.2) is 23.2 Å². The van der Waals surface area contributed by atoms with Crippen molar-refractivity contribution >= 4 is 5.82 Å². The topological polar surface area (TPSA) is 36.4 Å². The molecule has 1 aromatic rings. The molecule has 1 saturated heterocycles. The second-order valence-corrected chi connectivity index (χ2v) is 4.31. The van der Waals surface area contributed by atoms with Crippen LogP contribution in [0.2, 0.25) is 0 Å². The van der Waals surface area contributed by atoms with Crippen LogP contribution in [0.15, 0.2) is 18.2 Å². The molecule has 0 aromatic carbocycles. The van der Waals surface area contributed by atoms with Crippen molar-refractivity contribution in [2.75, 3.05) is 18.0 Å². The normalized spacial score (nSPS) is 18.1. The zero-order valence-electron chi connectivity index (χ0n) is 9.19. The summed E-state index contributed by atoms with van der Waals surface area (Å²) in [5, 5.41) is 9.02. The van der Waals surface area contributed by atoms with E-state index in [0.29, 0.717) is 0 Å². The largest absolute Gasteiger partial charge is 0.390 e. The van der Waals surface area contributed by atoms with Gasteiger partial charge in [0, 0.05) is 13.1 Å². The Morgan fingerprint density at radius 2 is 2.13 bits per heavy atom. The third kappa shape index (κ3) is 2.48. The van der Waals surface area contributed by atoms with Crippen molar-refractivity contribution in [1.82, 2.24) is 4.98 Å². The van der Waals surface area contributed by atoms with Crippen molar-refractivity contribution in [2.45, 2.75) is 26.4 Å². The maximum absolute atomic E-state index is 9.02. The van der Waals surface area contributed by atoms with Gasteiger partial charge < -0.3 is 10.0 Å². The number of rotatable bonds is 2. The minimum Gasteiger partial charge on any atom is -0.390 e. The number of aromatic nitrogens is 1. The van der Waals surface area contributed by atoms with Crippen molar-refractivity contribution in [1.29, 1.82) is 0 Å². The number of aliphatic hydroxyl groups excluding tert-OH is 1. The van der Waals surface area contributed by atoms with Gasteiger partial charge in [-0.2, -0.15) is 0 Å². The van der Waals surface area contributed by atoms with E-state index in [1.165, 1.54) is 12.8 Å². The zero-order chi connectivity index (χ0) is 10.7. The molecule has 1 fully saturated rings. The summed E-state index contributed by atoms with van der Waals surface area (Å²) in [6.07, 6.45) is 2.48. The summed E-state index contributed by atoms with van der Waals surface area (Å²) in [5.74, 6) is 1.84. The van der Waals surface area contributed by atoms with Gasteiger partial charge in [0.15, 0.2) is 0 Å². The molecule has 0 radical (unpaired) electrons.